The van der Waals surface area contributed by atoms with Crippen LogP contribution < -0.4 is 5.32 Å². The highest BCUT2D eigenvalue weighted by Gasteiger charge is 2.23. The molecule has 144 valence electrons. The number of carbonyl (C=O) groups excluding carboxylic acids is 1. The van der Waals surface area contributed by atoms with Crippen molar-refractivity contribution in [3.63, 3.8) is 0 Å². The molecule has 0 aliphatic carbocycles. The number of urea groups is 1. The molecule has 2 aromatic carbocycles. The van der Waals surface area contributed by atoms with Gasteiger partial charge in [-0.15, -0.1) is 0 Å². The van der Waals surface area contributed by atoms with E-state index in [0.29, 0.717) is 26.1 Å². The number of amides is 2. The molecule has 7 nitrogen and oxygen atoms in total. The van der Waals surface area contributed by atoms with Gasteiger partial charge >= 0.3 is 6.03 Å². The van der Waals surface area contributed by atoms with Gasteiger partial charge in [-0.1, -0.05) is 35.5 Å². The van der Waals surface area contributed by atoms with Gasteiger partial charge in [0.25, 0.3) is 0 Å². The predicted molar refractivity (Wildman–Crippen MR) is 101 cm³/mol. The lowest BCUT2D eigenvalue weighted by Gasteiger charge is -2.26. The predicted octanol–water partition coefficient (Wildman–Crippen LogP) is 2.78. The summed E-state index contributed by atoms with van der Waals surface area (Å²) in [7, 11) is -3.54. The van der Waals surface area contributed by atoms with Crippen LogP contribution in [0.5, 0.6) is 0 Å². The fraction of sp³-hybridized carbons (Fsp3) is 0.200. The second kappa shape index (κ2) is 7.47. The smallest absolute Gasteiger partial charge is 0.317 e. The van der Waals surface area contributed by atoms with Crippen LogP contribution in [0.3, 0.4) is 0 Å². The number of carbonyl (C=O) groups is 1. The van der Waals surface area contributed by atoms with Crippen LogP contribution in [-0.2, 0) is 29.3 Å². The topological polar surface area (TPSA) is 92.5 Å². The summed E-state index contributed by atoms with van der Waals surface area (Å²) < 4.78 is 30.2. The Morgan fingerprint density at radius 3 is 2.54 bits per heavy atom. The summed E-state index contributed by atoms with van der Waals surface area (Å²) in [6.07, 6.45) is 2.24. The summed E-state index contributed by atoms with van der Waals surface area (Å²) in [5, 5.41) is 6.78. The molecule has 0 spiro atoms. The third-order valence-corrected chi connectivity index (χ3v) is 6.51. The van der Waals surface area contributed by atoms with E-state index in [1.54, 1.807) is 65.8 Å². The van der Waals surface area contributed by atoms with Crippen molar-refractivity contribution in [2.45, 2.75) is 29.3 Å². The number of benzene rings is 2. The number of nitrogens with one attached hydrogen (secondary N) is 1. The van der Waals surface area contributed by atoms with E-state index in [0.717, 1.165) is 16.8 Å². The van der Waals surface area contributed by atoms with E-state index in [9.17, 15) is 13.2 Å². The summed E-state index contributed by atoms with van der Waals surface area (Å²) in [5.74, 6) is 0. The molecule has 0 fully saturated rings. The van der Waals surface area contributed by atoms with Crippen LogP contribution in [0.2, 0.25) is 0 Å². The molecule has 2 amide bonds. The highest BCUT2D eigenvalue weighted by molar-refractivity contribution is 7.91. The average molecular weight is 397 g/mol. The molecule has 0 saturated heterocycles. The first-order valence-electron chi connectivity index (χ1n) is 8.88. The van der Waals surface area contributed by atoms with E-state index in [2.05, 4.69) is 10.5 Å². The Kier molecular flexibility index (Phi) is 4.87. The van der Waals surface area contributed by atoms with Gasteiger partial charge < -0.3 is 14.7 Å². The van der Waals surface area contributed by atoms with E-state index in [4.69, 9.17) is 4.52 Å². The van der Waals surface area contributed by atoms with Crippen LogP contribution in [0.25, 0.3) is 0 Å². The van der Waals surface area contributed by atoms with Crippen molar-refractivity contribution in [1.82, 2.24) is 15.4 Å². The summed E-state index contributed by atoms with van der Waals surface area (Å²) in [4.78, 5) is 14.6. The van der Waals surface area contributed by atoms with Crippen molar-refractivity contribution < 1.29 is 17.7 Å². The molecule has 8 heteroatoms. The average Bonchev–Trinajstić information content (AvgIpc) is 3.21. The zero-order valence-electron chi connectivity index (χ0n) is 15.0. The molecule has 1 N–H and O–H groups in total. The summed E-state index contributed by atoms with van der Waals surface area (Å²) in [5.41, 5.74) is 2.65. The van der Waals surface area contributed by atoms with E-state index in [1.165, 1.54) is 0 Å². The molecule has 28 heavy (non-hydrogen) atoms. The van der Waals surface area contributed by atoms with E-state index in [-0.39, 0.29) is 15.8 Å². The van der Waals surface area contributed by atoms with E-state index < -0.39 is 9.84 Å². The Morgan fingerprint density at radius 2 is 1.79 bits per heavy atom. The number of nitrogens with zero attached hydrogens (tertiary/aromatic N) is 2. The van der Waals surface area contributed by atoms with Crippen molar-refractivity contribution >= 4 is 15.9 Å². The zero-order chi connectivity index (χ0) is 19.6. The SMILES string of the molecule is O=C(NCc1ccc(S(=O)(=O)c2ccccc2)cc1)N1CCc2nocc2C1. The fourth-order valence-corrected chi connectivity index (χ4v) is 4.41. The number of hydrogen-bond acceptors (Lipinski definition) is 5. The molecule has 0 atom stereocenters. The van der Waals surface area contributed by atoms with E-state index >= 15 is 0 Å². The Labute approximate surface area is 162 Å². The van der Waals surface area contributed by atoms with Gasteiger partial charge in [0.15, 0.2) is 0 Å². The quantitative estimate of drug-likeness (QED) is 0.731. The Hall–Kier alpha value is -3.13. The molecule has 1 aliphatic heterocycles. The van der Waals surface area contributed by atoms with Gasteiger partial charge in [0.05, 0.1) is 22.0 Å². The van der Waals surface area contributed by atoms with Crippen LogP contribution in [0.1, 0.15) is 16.8 Å². The fourth-order valence-electron chi connectivity index (χ4n) is 3.13. The van der Waals surface area contributed by atoms with Crippen molar-refractivity contribution in [2.75, 3.05) is 6.54 Å². The van der Waals surface area contributed by atoms with Crippen molar-refractivity contribution in [3.05, 3.63) is 77.7 Å². The van der Waals surface area contributed by atoms with Gasteiger partial charge in [-0.3, -0.25) is 0 Å². The molecule has 1 aliphatic rings. The largest absolute Gasteiger partial charge is 0.364 e. The molecule has 0 radical (unpaired) electrons. The molecular formula is C20H19N3O4S. The van der Waals surface area contributed by atoms with Gasteiger partial charge in [-0.2, -0.15) is 0 Å². The van der Waals surface area contributed by atoms with Gasteiger partial charge in [-0.25, -0.2) is 13.2 Å². The minimum absolute atomic E-state index is 0.173. The van der Waals surface area contributed by atoms with E-state index in [1.807, 2.05) is 0 Å². The third kappa shape index (κ3) is 3.63. The number of hydrogen-bond donors (Lipinski definition) is 1. The number of fused-ring (bicyclic) bond motifs is 1. The summed E-state index contributed by atoms with van der Waals surface area (Å²) in [6, 6.07) is 14.7. The second-order valence-electron chi connectivity index (χ2n) is 6.58. The molecule has 1 aromatic heterocycles. The number of aromatic nitrogens is 1. The van der Waals surface area contributed by atoms with Crippen LogP contribution in [0.4, 0.5) is 4.79 Å². The molecule has 0 saturated carbocycles. The highest BCUT2D eigenvalue weighted by atomic mass is 32.2. The maximum absolute atomic E-state index is 12.6. The van der Waals surface area contributed by atoms with Crippen molar-refractivity contribution in [1.29, 1.82) is 0 Å². The lowest BCUT2D eigenvalue weighted by atomic mass is 10.1. The standard InChI is InChI=1S/C20H19N3O4S/c24-20(23-11-10-19-16(13-23)14-27-22-19)21-12-15-6-8-18(9-7-15)28(25,26)17-4-2-1-3-5-17/h1-9,14H,10-13H2,(H,21,24). The first-order chi connectivity index (χ1) is 13.5. The molecule has 2 heterocycles. The maximum atomic E-state index is 12.6. The van der Waals surface area contributed by atoms with Gasteiger partial charge in [0.1, 0.15) is 6.26 Å². The highest BCUT2D eigenvalue weighted by Crippen LogP contribution is 2.21. The normalized spacial score (nSPS) is 13.8. The summed E-state index contributed by atoms with van der Waals surface area (Å²) in [6.45, 7) is 1.37. The Bertz CT molecular complexity index is 1080. The van der Waals surface area contributed by atoms with Crippen molar-refractivity contribution in [2.24, 2.45) is 0 Å². The first kappa shape index (κ1) is 18.2. The monoisotopic (exact) mass is 397 g/mol. The number of sulfone groups is 1. The minimum atomic E-state index is -3.54. The van der Waals surface area contributed by atoms with Crippen molar-refractivity contribution in [3.8, 4) is 0 Å². The van der Waals surface area contributed by atoms with Crippen LogP contribution in [0.15, 0.2) is 75.2 Å². The van der Waals surface area contributed by atoms with Gasteiger partial charge in [0, 0.05) is 25.1 Å². The molecule has 0 unspecified atom stereocenters. The lowest BCUT2D eigenvalue weighted by Crippen LogP contribution is -2.42. The molecule has 4 rings (SSSR count). The van der Waals surface area contributed by atoms with Crippen LogP contribution in [0, 0.1) is 0 Å². The Morgan fingerprint density at radius 1 is 1.07 bits per heavy atom. The van der Waals surface area contributed by atoms with Gasteiger partial charge in [0.2, 0.25) is 9.84 Å². The third-order valence-electron chi connectivity index (χ3n) is 4.73. The van der Waals surface area contributed by atoms with Gasteiger partial charge in [-0.05, 0) is 29.8 Å². The molecular weight excluding hydrogens is 378 g/mol. The number of rotatable bonds is 4. The van der Waals surface area contributed by atoms with Crippen LogP contribution in [-0.4, -0.2) is 31.1 Å². The molecule has 3 aromatic rings. The second-order valence-corrected chi connectivity index (χ2v) is 8.53. The molecule has 0 bridgehead atoms. The maximum Gasteiger partial charge on any atom is 0.317 e. The van der Waals surface area contributed by atoms with Crippen LogP contribution >= 0.6 is 0 Å². The Balaban J connectivity index is 1.38. The summed E-state index contributed by atoms with van der Waals surface area (Å²) >= 11 is 0. The first-order valence-corrected chi connectivity index (χ1v) is 10.4. The zero-order valence-corrected chi connectivity index (χ0v) is 15.9. The lowest BCUT2D eigenvalue weighted by molar-refractivity contribution is 0.191. The minimum Gasteiger partial charge on any atom is -0.364 e.